The zero-order chi connectivity index (χ0) is 52.2. The van der Waals surface area contributed by atoms with Gasteiger partial charge in [0.15, 0.2) is 0 Å². The lowest BCUT2D eigenvalue weighted by Gasteiger charge is -2.33. The molecule has 18 rings (SSSR count). The van der Waals surface area contributed by atoms with Gasteiger partial charge in [-0.2, -0.15) is 0 Å². The van der Waals surface area contributed by atoms with Crippen molar-refractivity contribution in [1.82, 2.24) is 4.57 Å². The third-order valence-corrected chi connectivity index (χ3v) is 18.3. The van der Waals surface area contributed by atoms with E-state index in [1.54, 1.807) is 0 Å². The van der Waals surface area contributed by atoms with Gasteiger partial charge in [-0.05, 0) is 146 Å². The molecule has 12 aromatic carbocycles. The van der Waals surface area contributed by atoms with Crippen LogP contribution in [0.25, 0.3) is 92.2 Å². The van der Waals surface area contributed by atoms with Gasteiger partial charge in [-0.25, -0.2) is 0 Å². The lowest BCUT2D eigenvalue weighted by Crippen LogP contribution is -2.57. The normalized spacial score (nSPS) is 13.1. The van der Waals surface area contributed by atoms with E-state index < -0.39 is 0 Å². The number of fused-ring (bicyclic) bond motifs is 15. The van der Waals surface area contributed by atoms with Gasteiger partial charge in [0.2, 0.25) is 0 Å². The van der Waals surface area contributed by atoms with Gasteiger partial charge in [0.05, 0.1) is 11.0 Å². The van der Waals surface area contributed by atoms with E-state index in [0.29, 0.717) is 0 Å². The first-order valence-electron chi connectivity index (χ1n) is 27.3. The van der Waals surface area contributed by atoms with Crippen LogP contribution < -0.4 is 51.7 Å². The maximum Gasteiger partial charge on any atom is 0.260 e. The first-order chi connectivity index (χ1) is 39.6. The minimum absolute atomic E-state index is 0.0131. The summed E-state index contributed by atoms with van der Waals surface area (Å²) < 4.78 is 32.0. The molecule has 0 atom stereocenters. The van der Waals surface area contributed by atoms with Crippen molar-refractivity contribution in [3.8, 4) is 96.2 Å². The van der Waals surface area contributed by atoms with Crippen molar-refractivity contribution in [1.29, 1.82) is 0 Å². The molecule has 0 saturated carbocycles. The number of para-hydroxylation sites is 6. The lowest BCUT2D eigenvalue weighted by molar-refractivity contribution is 0.464. The van der Waals surface area contributed by atoms with Gasteiger partial charge in [-0.1, -0.05) is 164 Å². The van der Waals surface area contributed by atoms with E-state index in [1.807, 2.05) is 11.3 Å². The number of hydrogen-bond donors (Lipinski definition) is 0. The van der Waals surface area contributed by atoms with E-state index in [9.17, 15) is 0 Å². The fourth-order valence-electron chi connectivity index (χ4n) is 13.6. The quantitative estimate of drug-likeness (QED) is 0.161. The monoisotopic (exact) mass is 1040 g/mol. The molecule has 0 fully saturated rings. The van der Waals surface area contributed by atoms with Crippen LogP contribution in [-0.4, -0.2) is 18.0 Å². The van der Waals surface area contributed by atoms with Gasteiger partial charge in [0.25, 0.3) is 13.4 Å². The summed E-state index contributed by atoms with van der Waals surface area (Å²) in [5.41, 5.74) is 19.1. The summed E-state index contributed by atoms with van der Waals surface area (Å²) >= 11 is 1.88. The summed E-state index contributed by atoms with van der Waals surface area (Å²) in [4.78, 5) is 0. The van der Waals surface area contributed by atoms with E-state index in [2.05, 4.69) is 253 Å². The topological polar surface area (TPSA) is 41.9 Å². The molecular formula is C72H41B2NO4S. The van der Waals surface area contributed by atoms with Gasteiger partial charge < -0.3 is 23.5 Å². The first-order valence-corrected chi connectivity index (χ1v) is 28.1. The molecule has 0 saturated heterocycles. The molecule has 2 aromatic heterocycles. The van der Waals surface area contributed by atoms with Crippen molar-refractivity contribution in [2.75, 3.05) is 0 Å². The molecular weight excluding hydrogens is 996 g/mol. The molecule has 5 nitrogen and oxygen atoms in total. The highest BCUT2D eigenvalue weighted by Gasteiger charge is 2.42. The molecule has 0 aliphatic carbocycles. The van der Waals surface area contributed by atoms with Crippen molar-refractivity contribution < 1.29 is 18.9 Å². The van der Waals surface area contributed by atoms with Gasteiger partial charge >= 0.3 is 0 Å². The van der Waals surface area contributed by atoms with Crippen molar-refractivity contribution in [2.45, 2.75) is 0 Å². The molecule has 370 valence electrons. The molecule has 0 unspecified atom stereocenters. The van der Waals surface area contributed by atoms with Crippen LogP contribution in [0.2, 0.25) is 0 Å². The second-order valence-corrected chi connectivity index (χ2v) is 22.4. The smallest absolute Gasteiger partial charge is 0.260 e. The molecule has 80 heavy (non-hydrogen) atoms. The summed E-state index contributed by atoms with van der Waals surface area (Å²) in [7, 11) is 0. The second-order valence-electron chi connectivity index (χ2n) is 21.4. The Kier molecular flexibility index (Phi) is 9.22. The summed E-state index contributed by atoms with van der Waals surface area (Å²) in [5.74, 6) is 6.83. The first kappa shape index (κ1) is 44.0. The fraction of sp³-hybridized carbons (Fsp3) is 0. The highest BCUT2D eigenvalue weighted by molar-refractivity contribution is 7.27. The van der Waals surface area contributed by atoms with E-state index in [4.69, 9.17) is 18.9 Å². The summed E-state index contributed by atoms with van der Waals surface area (Å²) in [6.07, 6.45) is 0. The Morgan fingerprint density at radius 1 is 0.300 bits per heavy atom. The van der Waals surface area contributed by atoms with Crippen LogP contribution in [0, 0.1) is 0 Å². The summed E-state index contributed by atoms with van der Waals surface area (Å²) in [6, 6.07) is 89.4. The average Bonchev–Trinajstić information content (AvgIpc) is 4.24. The Morgan fingerprint density at radius 3 is 1.27 bits per heavy atom. The maximum absolute atomic E-state index is 6.79. The fourth-order valence-corrected chi connectivity index (χ4v) is 14.9. The van der Waals surface area contributed by atoms with E-state index in [-0.39, 0.29) is 13.4 Å². The molecule has 0 amide bonds. The molecule has 8 heteroatoms. The number of thiophene rings is 1. The van der Waals surface area contributed by atoms with E-state index in [1.165, 1.54) is 53.1 Å². The predicted octanol–water partition coefficient (Wildman–Crippen LogP) is 15.3. The van der Waals surface area contributed by atoms with Crippen molar-refractivity contribution in [2.24, 2.45) is 0 Å². The summed E-state index contributed by atoms with van der Waals surface area (Å²) in [6.45, 7) is 0.0323. The Balaban J connectivity index is 0.824. The molecule has 0 spiro atoms. The molecule has 6 heterocycles. The third-order valence-electron chi connectivity index (χ3n) is 17.0. The molecule has 0 bridgehead atoms. The molecule has 4 aliphatic heterocycles. The SMILES string of the molecule is c1ccc(-n2c3ccccc3c3cc(-c4cccc(-c5cc6c7c(c5)Oc5ccccc5B7c5ccccc5O6)c4)c4sc5c(-c6cccc(-c7cc8c9c(c7)Oc7ccccc7B9c7ccccc7O8)c6)cccc5c4c32)cc1. The number of rotatable bonds is 5. The van der Waals surface area contributed by atoms with Gasteiger partial charge in [-0.3, -0.25) is 0 Å². The molecule has 14 aromatic rings. The predicted molar refractivity (Wildman–Crippen MR) is 331 cm³/mol. The van der Waals surface area contributed by atoms with E-state index in [0.717, 1.165) is 118 Å². The van der Waals surface area contributed by atoms with Crippen molar-refractivity contribution >= 4 is 99.5 Å². The Morgan fingerprint density at radius 2 is 0.738 bits per heavy atom. The van der Waals surface area contributed by atoms with Crippen LogP contribution in [0.15, 0.2) is 249 Å². The standard InChI is InChI=1S/C72H41B2NO4S/c1-2-21-48(22-3-1)75-58-30-9-4-23-50(58)53-41-52(45-20-15-18-43(36-45)47-39-65-69-66(40-47)79-62-34-13-8-29-57(62)74(69)56-28-7-12-33-61(56)78-65)72-67(70(53)75)51-25-16-24-49(71(51)80-72)44-19-14-17-42(35-44)46-37-63-68-64(38-46)77-60-32-11-6-27-55(60)73(68)54-26-5-10-31-59(54)76-63/h1-41H. The largest absolute Gasteiger partial charge is 0.458 e. The van der Waals surface area contributed by atoms with Crippen LogP contribution in [-0.2, 0) is 0 Å². The molecule has 0 radical (unpaired) electrons. The van der Waals surface area contributed by atoms with Crippen LogP contribution in [0.3, 0.4) is 0 Å². The number of hydrogen-bond acceptors (Lipinski definition) is 5. The minimum atomic E-state index is 0.0131. The highest BCUT2D eigenvalue weighted by atomic mass is 32.1. The molecule has 4 aliphatic rings. The Hall–Kier alpha value is -10.0. The van der Waals surface area contributed by atoms with Crippen molar-refractivity contribution in [3.05, 3.63) is 249 Å². The number of ether oxygens (including phenoxy) is 4. The highest BCUT2D eigenvalue weighted by Crippen LogP contribution is 2.51. The average molecular weight is 1040 g/mol. The minimum Gasteiger partial charge on any atom is -0.458 e. The number of benzene rings is 12. The van der Waals surface area contributed by atoms with Gasteiger partial charge in [0.1, 0.15) is 46.0 Å². The summed E-state index contributed by atoms with van der Waals surface area (Å²) in [5, 5.41) is 4.88. The molecule has 0 N–H and O–H groups in total. The van der Waals surface area contributed by atoms with Gasteiger partial charge in [0, 0.05) is 53.1 Å². The van der Waals surface area contributed by atoms with E-state index >= 15 is 0 Å². The number of nitrogens with zero attached hydrogens (tertiary/aromatic N) is 1. The number of aromatic nitrogens is 1. The van der Waals surface area contributed by atoms with Crippen molar-refractivity contribution in [3.63, 3.8) is 0 Å². The van der Waals surface area contributed by atoms with Crippen LogP contribution >= 0.6 is 11.3 Å². The maximum atomic E-state index is 6.79. The Bertz CT molecular complexity index is 4860. The lowest BCUT2D eigenvalue weighted by atomic mass is 9.35. The zero-order valence-electron chi connectivity index (χ0n) is 42.8. The Labute approximate surface area is 465 Å². The second kappa shape index (κ2) is 16.7. The third kappa shape index (κ3) is 6.36. The zero-order valence-corrected chi connectivity index (χ0v) is 43.6. The van der Waals surface area contributed by atoms with Crippen LogP contribution in [0.1, 0.15) is 0 Å². The van der Waals surface area contributed by atoms with Crippen LogP contribution in [0.5, 0.6) is 46.0 Å². The van der Waals surface area contributed by atoms with Gasteiger partial charge in [-0.15, -0.1) is 11.3 Å². The van der Waals surface area contributed by atoms with Crippen LogP contribution in [0.4, 0.5) is 0 Å².